The lowest BCUT2D eigenvalue weighted by Crippen LogP contribution is -1.89. The summed E-state index contributed by atoms with van der Waals surface area (Å²) < 4.78 is 0. The molecule has 0 spiro atoms. The summed E-state index contributed by atoms with van der Waals surface area (Å²) in [5, 5.41) is 0. The second-order valence-electron chi connectivity index (χ2n) is 2.81. The van der Waals surface area contributed by atoms with Gasteiger partial charge in [0.2, 0.25) is 0 Å². The van der Waals surface area contributed by atoms with Crippen LogP contribution in [0.3, 0.4) is 0 Å². The Morgan fingerprint density at radius 2 is 2.30 bits per heavy atom. The lowest BCUT2D eigenvalue weighted by molar-refractivity contribution is 0.957. The van der Waals surface area contributed by atoms with Gasteiger partial charge in [0.1, 0.15) is 0 Å². The SMILES string of the molecule is Cc1cc(C2CC2)n[c]n1. The van der Waals surface area contributed by atoms with Crippen molar-refractivity contribution in [2.45, 2.75) is 25.7 Å². The van der Waals surface area contributed by atoms with Crippen LogP contribution in [0.2, 0.25) is 0 Å². The van der Waals surface area contributed by atoms with E-state index in [1.54, 1.807) is 0 Å². The molecule has 0 unspecified atom stereocenters. The fourth-order valence-electron chi connectivity index (χ4n) is 1.03. The minimum absolute atomic E-state index is 0.720. The Morgan fingerprint density at radius 3 is 2.90 bits per heavy atom. The van der Waals surface area contributed by atoms with E-state index < -0.39 is 0 Å². The molecular weight excluding hydrogens is 124 g/mol. The molecule has 0 aromatic carbocycles. The molecule has 0 N–H and O–H groups in total. The van der Waals surface area contributed by atoms with Crippen LogP contribution in [0.5, 0.6) is 0 Å². The molecule has 2 nitrogen and oxygen atoms in total. The molecule has 10 heavy (non-hydrogen) atoms. The van der Waals surface area contributed by atoms with Gasteiger partial charge in [-0.25, -0.2) is 9.97 Å². The Morgan fingerprint density at radius 1 is 1.50 bits per heavy atom. The summed E-state index contributed by atoms with van der Waals surface area (Å²) in [6.45, 7) is 1.98. The molecular formula is C8H9N2. The molecule has 51 valence electrons. The van der Waals surface area contributed by atoms with Crippen LogP contribution < -0.4 is 0 Å². The van der Waals surface area contributed by atoms with Crippen LogP contribution in [0.1, 0.15) is 30.1 Å². The lowest BCUT2D eigenvalue weighted by Gasteiger charge is -1.94. The number of aromatic nitrogens is 2. The molecule has 1 heterocycles. The summed E-state index contributed by atoms with van der Waals surface area (Å²) >= 11 is 0. The molecule has 0 atom stereocenters. The number of rotatable bonds is 1. The van der Waals surface area contributed by atoms with Crippen molar-refractivity contribution in [3.8, 4) is 0 Å². The van der Waals surface area contributed by atoms with E-state index in [-0.39, 0.29) is 0 Å². The molecule has 1 aliphatic carbocycles. The first-order valence-electron chi connectivity index (χ1n) is 3.58. The second kappa shape index (κ2) is 2.04. The Balaban J connectivity index is 2.32. The van der Waals surface area contributed by atoms with Crippen LogP contribution in [-0.4, -0.2) is 9.97 Å². The first-order chi connectivity index (χ1) is 4.86. The highest BCUT2D eigenvalue weighted by Crippen LogP contribution is 2.38. The van der Waals surface area contributed by atoms with E-state index in [0.717, 1.165) is 11.6 Å². The second-order valence-corrected chi connectivity index (χ2v) is 2.81. The molecule has 2 heteroatoms. The summed E-state index contributed by atoms with van der Waals surface area (Å²) in [6, 6.07) is 2.05. The van der Waals surface area contributed by atoms with E-state index in [9.17, 15) is 0 Å². The molecule has 2 rings (SSSR count). The first-order valence-corrected chi connectivity index (χ1v) is 3.58. The van der Waals surface area contributed by atoms with Gasteiger partial charge < -0.3 is 0 Å². The predicted molar refractivity (Wildman–Crippen MR) is 37.6 cm³/mol. The van der Waals surface area contributed by atoms with Crippen molar-refractivity contribution in [3.05, 3.63) is 23.8 Å². The molecule has 1 saturated carbocycles. The third-order valence-corrected chi connectivity index (χ3v) is 1.76. The monoisotopic (exact) mass is 133 g/mol. The van der Waals surface area contributed by atoms with Crippen LogP contribution in [-0.2, 0) is 0 Å². The van der Waals surface area contributed by atoms with E-state index >= 15 is 0 Å². The first kappa shape index (κ1) is 5.83. The van der Waals surface area contributed by atoms with Crippen molar-refractivity contribution in [1.82, 2.24) is 9.97 Å². The maximum absolute atomic E-state index is 4.07. The average molecular weight is 133 g/mol. The zero-order valence-corrected chi connectivity index (χ0v) is 5.96. The standard InChI is InChI=1S/C8H9N2/c1-6-4-8(7-2-3-7)10-5-9-6/h4,7H,2-3H2,1H3. The Labute approximate surface area is 60.3 Å². The van der Waals surface area contributed by atoms with Gasteiger partial charge in [-0.05, 0) is 25.8 Å². The van der Waals surface area contributed by atoms with E-state index in [2.05, 4.69) is 16.3 Å². The molecule has 0 bridgehead atoms. The quantitative estimate of drug-likeness (QED) is 0.579. The molecule has 1 aromatic heterocycles. The topological polar surface area (TPSA) is 25.8 Å². The van der Waals surface area contributed by atoms with E-state index in [1.807, 2.05) is 13.0 Å². The minimum atomic E-state index is 0.720. The fourth-order valence-corrected chi connectivity index (χ4v) is 1.03. The van der Waals surface area contributed by atoms with Gasteiger partial charge in [0, 0.05) is 17.3 Å². The third kappa shape index (κ3) is 1.01. The smallest absolute Gasteiger partial charge is 0.198 e. The van der Waals surface area contributed by atoms with Gasteiger partial charge in [-0.2, -0.15) is 0 Å². The van der Waals surface area contributed by atoms with Gasteiger partial charge in [0.05, 0.1) is 0 Å². The van der Waals surface area contributed by atoms with Gasteiger partial charge in [0.25, 0.3) is 0 Å². The number of nitrogens with zero attached hydrogens (tertiary/aromatic N) is 2. The summed E-state index contributed by atoms with van der Waals surface area (Å²) in [4.78, 5) is 7.98. The number of hydrogen-bond acceptors (Lipinski definition) is 2. The van der Waals surface area contributed by atoms with Crippen molar-refractivity contribution in [3.63, 3.8) is 0 Å². The van der Waals surface area contributed by atoms with E-state index in [1.165, 1.54) is 18.5 Å². The minimum Gasteiger partial charge on any atom is -0.231 e. The molecule has 1 aliphatic rings. The summed E-state index contributed by atoms with van der Waals surface area (Å²) in [5.74, 6) is 0.720. The van der Waals surface area contributed by atoms with Crippen molar-refractivity contribution >= 4 is 0 Å². The highest BCUT2D eigenvalue weighted by molar-refractivity contribution is 5.15. The molecule has 0 amide bonds. The van der Waals surface area contributed by atoms with Gasteiger partial charge in [-0.15, -0.1) is 0 Å². The highest BCUT2D eigenvalue weighted by Gasteiger charge is 2.24. The van der Waals surface area contributed by atoms with Crippen LogP contribution in [0, 0.1) is 13.3 Å². The van der Waals surface area contributed by atoms with E-state index in [0.29, 0.717) is 0 Å². The number of hydrogen-bond donors (Lipinski definition) is 0. The van der Waals surface area contributed by atoms with Crippen molar-refractivity contribution in [2.24, 2.45) is 0 Å². The maximum atomic E-state index is 4.07. The Hall–Kier alpha value is -0.920. The summed E-state index contributed by atoms with van der Waals surface area (Å²) in [7, 11) is 0. The average Bonchev–Trinajstić information content (AvgIpc) is 2.68. The van der Waals surface area contributed by atoms with Gasteiger partial charge in [-0.1, -0.05) is 0 Å². The molecule has 1 fully saturated rings. The van der Waals surface area contributed by atoms with E-state index in [4.69, 9.17) is 0 Å². The van der Waals surface area contributed by atoms with Gasteiger partial charge in [-0.3, -0.25) is 0 Å². The Bertz CT molecular complexity index is 241. The zero-order valence-electron chi connectivity index (χ0n) is 5.96. The fraction of sp³-hybridized carbons (Fsp3) is 0.500. The van der Waals surface area contributed by atoms with Crippen molar-refractivity contribution < 1.29 is 0 Å². The van der Waals surface area contributed by atoms with Gasteiger partial charge >= 0.3 is 0 Å². The number of aryl methyl sites for hydroxylation is 1. The summed E-state index contributed by atoms with van der Waals surface area (Å²) in [6.07, 6.45) is 5.24. The maximum Gasteiger partial charge on any atom is 0.198 e. The van der Waals surface area contributed by atoms with Crippen LogP contribution in [0.25, 0.3) is 0 Å². The zero-order chi connectivity index (χ0) is 6.97. The van der Waals surface area contributed by atoms with Crippen molar-refractivity contribution in [1.29, 1.82) is 0 Å². The van der Waals surface area contributed by atoms with Gasteiger partial charge in [0.15, 0.2) is 6.33 Å². The third-order valence-electron chi connectivity index (χ3n) is 1.76. The van der Waals surface area contributed by atoms with Crippen LogP contribution in [0.15, 0.2) is 6.07 Å². The molecule has 0 saturated heterocycles. The summed E-state index contributed by atoms with van der Waals surface area (Å²) in [5.41, 5.74) is 2.20. The molecule has 0 aliphatic heterocycles. The molecule has 1 aromatic rings. The van der Waals surface area contributed by atoms with Crippen molar-refractivity contribution in [2.75, 3.05) is 0 Å². The predicted octanol–water partition coefficient (Wildman–Crippen LogP) is 1.46. The largest absolute Gasteiger partial charge is 0.231 e. The van der Waals surface area contributed by atoms with Crippen LogP contribution in [0.4, 0.5) is 0 Å². The Kier molecular flexibility index (Phi) is 1.19. The molecule has 1 radical (unpaired) electrons. The van der Waals surface area contributed by atoms with Crippen LogP contribution >= 0.6 is 0 Å². The normalized spacial score (nSPS) is 17.3. The lowest BCUT2D eigenvalue weighted by atomic mass is 10.2. The highest BCUT2D eigenvalue weighted by atomic mass is 14.8.